The van der Waals surface area contributed by atoms with Gasteiger partial charge < -0.3 is 15.0 Å². The number of likely N-dealkylation sites (tertiary alicyclic amines) is 1. The SMILES string of the molecule is CN1CCC(NC(=O)C2CCN(S(=O)(=O)c3cccc(OC(F)(F)F)c3)CC2)CC1. The molecule has 1 N–H and O–H groups in total. The Morgan fingerprint density at radius 1 is 1.10 bits per heavy atom. The van der Waals surface area contributed by atoms with E-state index in [1.165, 1.54) is 16.4 Å². The van der Waals surface area contributed by atoms with Crippen molar-refractivity contribution in [2.75, 3.05) is 33.2 Å². The zero-order chi connectivity index (χ0) is 21.9. The number of nitrogens with zero attached hydrogens (tertiary/aromatic N) is 2. The normalized spacial score (nSPS) is 20.8. The van der Waals surface area contributed by atoms with Crippen molar-refractivity contribution >= 4 is 15.9 Å². The van der Waals surface area contributed by atoms with Crippen molar-refractivity contribution in [2.45, 2.75) is 43.0 Å². The van der Waals surface area contributed by atoms with Gasteiger partial charge >= 0.3 is 6.36 Å². The summed E-state index contributed by atoms with van der Waals surface area (Å²) in [5.41, 5.74) is 0. The molecular formula is C19H26F3N3O4S. The lowest BCUT2D eigenvalue weighted by Gasteiger charge is -2.33. The molecule has 2 heterocycles. The Balaban J connectivity index is 1.57. The van der Waals surface area contributed by atoms with Gasteiger partial charge in [-0.25, -0.2) is 8.42 Å². The average Bonchev–Trinajstić information content (AvgIpc) is 2.69. The summed E-state index contributed by atoms with van der Waals surface area (Å²) in [7, 11) is -1.93. The monoisotopic (exact) mass is 449 g/mol. The van der Waals surface area contributed by atoms with Crippen LogP contribution in [0.4, 0.5) is 13.2 Å². The van der Waals surface area contributed by atoms with Crippen LogP contribution >= 0.6 is 0 Å². The summed E-state index contributed by atoms with van der Waals surface area (Å²) >= 11 is 0. The molecule has 0 bridgehead atoms. The molecule has 0 unspecified atom stereocenters. The van der Waals surface area contributed by atoms with Gasteiger partial charge in [-0.2, -0.15) is 4.31 Å². The molecule has 0 atom stereocenters. The van der Waals surface area contributed by atoms with Gasteiger partial charge in [-0.3, -0.25) is 4.79 Å². The number of nitrogens with one attached hydrogen (secondary N) is 1. The highest BCUT2D eigenvalue weighted by atomic mass is 32.2. The molecule has 1 aromatic rings. The summed E-state index contributed by atoms with van der Waals surface area (Å²) in [6, 6.07) is 4.49. The molecule has 1 aromatic carbocycles. The van der Waals surface area contributed by atoms with Gasteiger partial charge in [0, 0.05) is 31.1 Å². The number of carbonyl (C=O) groups excluding carboxylic acids is 1. The fourth-order valence-corrected chi connectivity index (χ4v) is 5.32. The molecule has 2 fully saturated rings. The van der Waals surface area contributed by atoms with E-state index >= 15 is 0 Å². The molecule has 2 aliphatic heterocycles. The van der Waals surface area contributed by atoms with E-state index in [9.17, 15) is 26.4 Å². The zero-order valence-electron chi connectivity index (χ0n) is 16.7. The third kappa shape index (κ3) is 5.86. The first-order valence-electron chi connectivity index (χ1n) is 9.89. The summed E-state index contributed by atoms with van der Waals surface area (Å²) in [5.74, 6) is -0.908. The number of ether oxygens (including phenoxy) is 1. The van der Waals surface area contributed by atoms with Crippen LogP contribution in [0, 0.1) is 5.92 Å². The molecule has 0 radical (unpaired) electrons. The Hall–Kier alpha value is -1.85. The van der Waals surface area contributed by atoms with Gasteiger partial charge in [-0.1, -0.05) is 6.07 Å². The van der Waals surface area contributed by atoms with E-state index in [2.05, 4.69) is 15.0 Å². The Kier molecular flexibility index (Phi) is 6.93. The van der Waals surface area contributed by atoms with E-state index < -0.39 is 22.1 Å². The van der Waals surface area contributed by atoms with Crippen LogP contribution in [0.25, 0.3) is 0 Å². The number of halogens is 3. The van der Waals surface area contributed by atoms with Crippen LogP contribution in [-0.4, -0.2) is 69.2 Å². The molecule has 2 saturated heterocycles. The quantitative estimate of drug-likeness (QED) is 0.746. The van der Waals surface area contributed by atoms with Crippen LogP contribution in [0.2, 0.25) is 0 Å². The summed E-state index contributed by atoms with van der Waals surface area (Å²) in [4.78, 5) is 14.5. The first-order valence-corrected chi connectivity index (χ1v) is 11.3. The maximum absolute atomic E-state index is 12.8. The number of piperidine rings is 2. The number of carbonyl (C=O) groups is 1. The van der Waals surface area contributed by atoms with E-state index in [1.54, 1.807) is 0 Å². The highest BCUT2D eigenvalue weighted by molar-refractivity contribution is 7.89. The van der Waals surface area contributed by atoms with Crippen LogP contribution in [-0.2, 0) is 14.8 Å². The van der Waals surface area contributed by atoms with Crippen molar-refractivity contribution < 1.29 is 31.1 Å². The predicted octanol–water partition coefficient (Wildman–Crippen LogP) is 2.20. The first-order chi connectivity index (χ1) is 14.0. The number of amides is 1. The van der Waals surface area contributed by atoms with Gasteiger partial charge in [0.05, 0.1) is 4.90 Å². The minimum atomic E-state index is -4.90. The van der Waals surface area contributed by atoms with Crippen LogP contribution in [0.15, 0.2) is 29.2 Å². The number of rotatable bonds is 5. The van der Waals surface area contributed by atoms with Crippen LogP contribution in [0.3, 0.4) is 0 Å². The third-order valence-electron chi connectivity index (χ3n) is 5.57. The number of sulfonamides is 1. The van der Waals surface area contributed by atoms with Gasteiger partial charge in [-0.15, -0.1) is 13.2 Å². The largest absolute Gasteiger partial charge is 0.573 e. The molecule has 0 aliphatic carbocycles. The second kappa shape index (κ2) is 9.11. The standard InChI is InChI=1S/C19H26F3N3O4S/c1-24-9-7-15(8-10-24)23-18(26)14-5-11-25(12-6-14)30(27,28)17-4-2-3-16(13-17)29-19(20,21)22/h2-4,13-15H,5-12H2,1H3,(H,23,26). The van der Waals surface area contributed by atoms with Gasteiger partial charge in [0.25, 0.3) is 0 Å². The Morgan fingerprint density at radius 3 is 2.33 bits per heavy atom. The van der Waals surface area contributed by atoms with Gasteiger partial charge in [0.2, 0.25) is 15.9 Å². The predicted molar refractivity (Wildman–Crippen MR) is 103 cm³/mol. The molecule has 3 rings (SSSR count). The van der Waals surface area contributed by atoms with Crippen molar-refractivity contribution in [3.05, 3.63) is 24.3 Å². The van der Waals surface area contributed by atoms with Crippen LogP contribution in [0.5, 0.6) is 5.75 Å². The summed E-state index contributed by atoms with van der Waals surface area (Å²) in [6.45, 7) is 2.13. The van der Waals surface area contributed by atoms with Gasteiger partial charge in [0.15, 0.2) is 0 Å². The summed E-state index contributed by atoms with van der Waals surface area (Å²) < 4.78 is 67.9. The smallest absolute Gasteiger partial charge is 0.406 e. The Labute approximate surface area is 174 Å². The first kappa shape index (κ1) is 22.8. The molecule has 0 spiro atoms. The van der Waals surface area contributed by atoms with E-state index in [4.69, 9.17) is 0 Å². The molecule has 30 heavy (non-hydrogen) atoms. The summed E-state index contributed by atoms with van der Waals surface area (Å²) in [5, 5.41) is 3.07. The molecular weight excluding hydrogens is 423 g/mol. The highest BCUT2D eigenvalue weighted by Gasteiger charge is 2.34. The van der Waals surface area contributed by atoms with Crippen molar-refractivity contribution in [1.82, 2.24) is 14.5 Å². The Morgan fingerprint density at radius 2 is 1.73 bits per heavy atom. The number of alkyl halides is 3. The van der Waals surface area contributed by atoms with Gasteiger partial charge in [0.1, 0.15) is 5.75 Å². The maximum Gasteiger partial charge on any atom is 0.573 e. The second-order valence-corrected chi connectivity index (χ2v) is 9.73. The third-order valence-corrected chi connectivity index (χ3v) is 7.46. The van der Waals surface area contributed by atoms with Crippen LogP contribution < -0.4 is 10.1 Å². The van der Waals surface area contributed by atoms with E-state index in [0.29, 0.717) is 12.8 Å². The summed E-state index contributed by atoms with van der Waals surface area (Å²) in [6.07, 6.45) is -2.37. The Bertz CT molecular complexity index is 847. The molecule has 2 aliphatic rings. The topological polar surface area (TPSA) is 79.0 Å². The molecule has 0 aromatic heterocycles. The number of hydrogen-bond acceptors (Lipinski definition) is 5. The molecule has 11 heteroatoms. The van der Waals surface area contributed by atoms with Gasteiger partial charge in [-0.05, 0) is 58.0 Å². The van der Waals surface area contributed by atoms with Crippen molar-refractivity contribution in [3.8, 4) is 5.75 Å². The average molecular weight is 449 g/mol. The fourth-order valence-electron chi connectivity index (χ4n) is 3.81. The number of hydrogen-bond donors (Lipinski definition) is 1. The van der Waals surface area contributed by atoms with E-state index in [1.807, 2.05) is 7.05 Å². The minimum Gasteiger partial charge on any atom is -0.406 e. The molecule has 0 saturated carbocycles. The zero-order valence-corrected chi connectivity index (χ0v) is 17.5. The van der Waals surface area contributed by atoms with E-state index in [0.717, 1.165) is 38.1 Å². The van der Waals surface area contributed by atoms with Crippen molar-refractivity contribution in [2.24, 2.45) is 5.92 Å². The molecule has 1 amide bonds. The van der Waals surface area contributed by atoms with Crippen molar-refractivity contribution in [3.63, 3.8) is 0 Å². The molecule has 168 valence electrons. The maximum atomic E-state index is 12.8. The minimum absolute atomic E-state index is 0.0535. The second-order valence-electron chi connectivity index (χ2n) is 7.79. The van der Waals surface area contributed by atoms with Crippen molar-refractivity contribution in [1.29, 1.82) is 0 Å². The lowest BCUT2D eigenvalue weighted by molar-refractivity contribution is -0.274. The fraction of sp³-hybridized carbons (Fsp3) is 0.632. The lowest BCUT2D eigenvalue weighted by Crippen LogP contribution is -2.48. The highest BCUT2D eigenvalue weighted by Crippen LogP contribution is 2.28. The molecule has 7 nitrogen and oxygen atoms in total. The lowest BCUT2D eigenvalue weighted by atomic mass is 9.96. The van der Waals surface area contributed by atoms with E-state index in [-0.39, 0.29) is 35.9 Å². The number of benzene rings is 1. The van der Waals surface area contributed by atoms with Crippen LogP contribution in [0.1, 0.15) is 25.7 Å².